The van der Waals surface area contributed by atoms with Gasteiger partial charge in [-0.3, -0.25) is 24.0 Å². The van der Waals surface area contributed by atoms with E-state index in [1.807, 2.05) is 0 Å². The maximum atomic E-state index is 13.5. The number of carbonyl (C=O) groups is 4. The summed E-state index contributed by atoms with van der Waals surface area (Å²) in [4.78, 5) is 50.2. The van der Waals surface area contributed by atoms with E-state index in [-0.39, 0.29) is 30.6 Å². The molecule has 0 radical (unpaired) electrons. The number of nitrogens with one attached hydrogen (secondary N) is 2. The predicted octanol–water partition coefficient (Wildman–Crippen LogP) is 2.49. The maximum Gasteiger partial charge on any atom is 0.326 e. The summed E-state index contributed by atoms with van der Waals surface area (Å²) < 4.78 is 1.57. The lowest BCUT2D eigenvalue weighted by atomic mass is 9.82. The number of hydrogen-bond acceptors (Lipinski definition) is 5. The fraction of sp³-hybridized carbons (Fsp3) is 0.480. The Kier molecular flexibility index (Phi) is 8.99. The van der Waals surface area contributed by atoms with E-state index in [2.05, 4.69) is 15.7 Å². The summed E-state index contributed by atoms with van der Waals surface area (Å²) >= 11 is 0. The summed E-state index contributed by atoms with van der Waals surface area (Å²) in [5.41, 5.74) is 1.25. The van der Waals surface area contributed by atoms with E-state index in [1.165, 1.54) is 4.90 Å². The molecule has 35 heavy (non-hydrogen) atoms. The lowest BCUT2D eigenvalue weighted by Gasteiger charge is -2.35. The van der Waals surface area contributed by atoms with Gasteiger partial charge in [-0.05, 0) is 36.5 Å². The smallest absolute Gasteiger partial charge is 0.326 e. The lowest BCUT2D eigenvalue weighted by Crippen LogP contribution is -2.49. The quantitative estimate of drug-likeness (QED) is 0.421. The van der Waals surface area contributed by atoms with Crippen molar-refractivity contribution in [3.63, 3.8) is 0 Å². The number of benzene rings is 1. The van der Waals surface area contributed by atoms with Gasteiger partial charge in [-0.25, -0.2) is 4.79 Å². The molecular weight excluding hydrogens is 450 g/mol. The number of hydrogen-bond donors (Lipinski definition) is 3. The van der Waals surface area contributed by atoms with Gasteiger partial charge in [-0.2, -0.15) is 5.10 Å². The van der Waals surface area contributed by atoms with Crippen LogP contribution in [0.25, 0.3) is 0 Å². The summed E-state index contributed by atoms with van der Waals surface area (Å²) in [6, 6.07) is 6.84. The second-order valence-corrected chi connectivity index (χ2v) is 8.87. The monoisotopic (exact) mass is 483 g/mol. The number of aryl methyl sites for hydroxylation is 1. The van der Waals surface area contributed by atoms with Crippen molar-refractivity contribution in [1.82, 2.24) is 15.1 Å². The minimum atomic E-state index is -1.11. The zero-order chi connectivity index (χ0) is 25.4. The van der Waals surface area contributed by atoms with Crippen molar-refractivity contribution in [2.75, 3.05) is 10.2 Å². The molecule has 10 nitrogen and oxygen atoms in total. The summed E-state index contributed by atoms with van der Waals surface area (Å²) in [7, 11) is 1.73. The molecule has 1 aromatic heterocycles. The Morgan fingerprint density at radius 3 is 2.40 bits per heavy atom. The van der Waals surface area contributed by atoms with Gasteiger partial charge in [-0.1, -0.05) is 38.3 Å². The average Bonchev–Trinajstić information content (AvgIpc) is 3.28. The Hall–Kier alpha value is -3.69. The highest BCUT2D eigenvalue weighted by Gasteiger charge is 2.36. The van der Waals surface area contributed by atoms with E-state index in [0.717, 1.165) is 32.1 Å². The molecule has 2 atom stereocenters. The molecule has 1 aliphatic rings. The Morgan fingerprint density at radius 2 is 1.86 bits per heavy atom. The van der Waals surface area contributed by atoms with Gasteiger partial charge in [-0.15, -0.1) is 0 Å². The van der Waals surface area contributed by atoms with Crippen LogP contribution in [0.2, 0.25) is 0 Å². The van der Waals surface area contributed by atoms with Gasteiger partial charge in [0, 0.05) is 31.6 Å². The van der Waals surface area contributed by atoms with E-state index in [9.17, 15) is 24.3 Å². The molecule has 1 heterocycles. The molecule has 3 N–H and O–H groups in total. The van der Waals surface area contributed by atoms with Crippen molar-refractivity contribution in [3.8, 4) is 0 Å². The molecule has 3 amide bonds. The number of carboxylic acid groups (broad SMARTS) is 1. The fourth-order valence-electron chi connectivity index (χ4n) is 4.57. The Balaban J connectivity index is 1.75. The number of carboxylic acids is 1. The van der Waals surface area contributed by atoms with Crippen molar-refractivity contribution in [3.05, 3.63) is 42.1 Å². The number of aliphatic carboxylic acids is 1. The molecule has 0 spiro atoms. The summed E-state index contributed by atoms with van der Waals surface area (Å²) in [5, 5.41) is 19.0. The van der Waals surface area contributed by atoms with Gasteiger partial charge in [0.25, 0.3) is 0 Å². The second-order valence-electron chi connectivity index (χ2n) is 8.87. The van der Waals surface area contributed by atoms with Crippen LogP contribution in [0.3, 0.4) is 0 Å². The Bertz CT molecular complexity index is 1030. The minimum Gasteiger partial charge on any atom is -0.480 e. The van der Waals surface area contributed by atoms with Crippen LogP contribution in [0.5, 0.6) is 0 Å². The SMILES string of the molecule is CCC(=O)N[C@H](Cc1ccc(NC(=O)[C@H](C2CCCCC2)N(C=O)c2ccnn2C)cc1)C(=O)O. The van der Waals surface area contributed by atoms with Gasteiger partial charge in [0.2, 0.25) is 18.2 Å². The highest BCUT2D eigenvalue weighted by atomic mass is 16.4. The number of rotatable bonds is 11. The Labute approximate surface area is 204 Å². The van der Waals surface area contributed by atoms with Crippen molar-refractivity contribution in [2.24, 2.45) is 13.0 Å². The van der Waals surface area contributed by atoms with E-state index < -0.39 is 18.1 Å². The highest BCUT2D eigenvalue weighted by Crippen LogP contribution is 2.31. The first-order chi connectivity index (χ1) is 16.8. The third-order valence-corrected chi connectivity index (χ3v) is 6.45. The van der Waals surface area contributed by atoms with Gasteiger partial charge >= 0.3 is 5.97 Å². The zero-order valence-corrected chi connectivity index (χ0v) is 20.1. The normalized spacial score (nSPS) is 15.6. The van der Waals surface area contributed by atoms with Crippen LogP contribution in [0, 0.1) is 5.92 Å². The predicted molar refractivity (Wildman–Crippen MR) is 131 cm³/mol. The molecule has 1 aromatic carbocycles. The number of amides is 3. The van der Waals surface area contributed by atoms with Gasteiger partial charge in [0.05, 0.1) is 6.20 Å². The standard InChI is InChI=1S/C25H33N5O5/c1-3-21(32)28-20(25(34)35)15-17-9-11-19(12-10-17)27-24(33)23(18-7-5-4-6-8-18)30(16-31)22-13-14-26-29(22)2/h9-14,16,18,20,23H,3-8,15H2,1-2H3,(H,27,33)(H,28,32)(H,34,35)/t20-,23+/m1/s1. The summed E-state index contributed by atoms with van der Waals surface area (Å²) in [6.07, 6.45) is 7.48. The first-order valence-electron chi connectivity index (χ1n) is 12.0. The molecule has 0 unspecified atom stereocenters. The second kappa shape index (κ2) is 12.1. The van der Waals surface area contributed by atoms with Crippen molar-refractivity contribution in [1.29, 1.82) is 0 Å². The average molecular weight is 484 g/mol. The molecule has 0 saturated heterocycles. The topological polar surface area (TPSA) is 134 Å². The van der Waals surface area contributed by atoms with E-state index >= 15 is 0 Å². The molecule has 3 rings (SSSR count). The Morgan fingerprint density at radius 1 is 1.17 bits per heavy atom. The van der Waals surface area contributed by atoms with Crippen LogP contribution in [0.1, 0.15) is 51.0 Å². The van der Waals surface area contributed by atoms with Crippen molar-refractivity contribution in [2.45, 2.75) is 64.0 Å². The van der Waals surface area contributed by atoms with Gasteiger partial charge < -0.3 is 15.7 Å². The number of carbonyl (C=O) groups excluding carboxylic acids is 3. The van der Waals surface area contributed by atoms with Gasteiger partial charge in [0.15, 0.2) is 0 Å². The summed E-state index contributed by atoms with van der Waals surface area (Å²) in [6.45, 7) is 1.66. The molecule has 0 aliphatic heterocycles. The van der Waals surface area contributed by atoms with Crippen LogP contribution >= 0.6 is 0 Å². The first-order valence-corrected chi connectivity index (χ1v) is 12.0. The highest BCUT2D eigenvalue weighted by molar-refractivity contribution is 6.00. The van der Waals surface area contributed by atoms with Crippen LogP contribution in [0.15, 0.2) is 36.5 Å². The van der Waals surface area contributed by atoms with Crippen LogP contribution in [-0.2, 0) is 32.6 Å². The van der Waals surface area contributed by atoms with Crippen LogP contribution in [0.4, 0.5) is 11.5 Å². The molecule has 188 valence electrons. The molecule has 10 heteroatoms. The molecular formula is C25H33N5O5. The van der Waals surface area contributed by atoms with Crippen molar-refractivity contribution < 1.29 is 24.3 Å². The largest absolute Gasteiger partial charge is 0.480 e. The molecule has 1 fully saturated rings. The van der Waals surface area contributed by atoms with E-state index in [0.29, 0.717) is 23.5 Å². The minimum absolute atomic E-state index is 0.0293. The fourth-order valence-corrected chi connectivity index (χ4v) is 4.57. The van der Waals surface area contributed by atoms with Crippen LogP contribution < -0.4 is 15.5 Å². The third-order valence-electron chi connectivity index (χ3n) is 6.45. The molecule has 1 aliphatic carbocycles. The van der Waals surface area contributed by atoms with Crippen LogP contribution in [-0.4, -0.2) is 51.2 Å². The van der Waals surface area contributed by atoms with Crippen molar-refractivity contribution >= 4 is 35.7 Å². The molecule has 0 bridgehead atoms. The zero-order valence-electron chi connectivity index (χ0n) is 20.1. The third kappa shape index (κ3) is 6.68. The number of anilines is 2. The van der Waals surface area contributed by atoms with Gasteiger partial charge in [0.1, 0.15) is 17.9 Å². The number of aromatic nitrogens is 2. The number of nitrogens with zero attached hydrogens (tertiary/aromatic N) is 3. The first kappa shape index (κ1) is 25.9. The summed E-state index contributed by atoms with van der Waals surface area (Å²) in [5.74, 6) is -1.14. The maximum absolute atomic E-state index is 13.5. The van der Waals surface area contributed by atoms with E-state index in [4.69, 9.17) is 0 Å². The van der Waals surface area contributed by atoms with E-state index in [1.54, 1.807) is 55.2 Å². The molecule has 2 aromatic rings. The molecule has 1 saturated carbocycles. The lowest BCUT2D eigenvalue weighted by molar-refractivity contribution is -0.141.